The van der Waals surface area contributed by atoms with Gasteiger partial charge in [-0.15, -0.1) is 0 Å². The molecule has 1 aliphatic heterocycles. The maximum absolute atomic E-state index is 12.1. The van der Waals surface area contributed by atoms with Crippen molar-refractivity contribution in [2.75, 3.05) is 6.54 Å². The van der Waals surface area contributed by atoms with Crippen molar-refractivity contribution in [1.82, 2.24) is 10.6 Å². The Morgan fingerprint density at radius 1 is 1.39 bits per heavy atom. The largest absolute Gasteiger partial charge is 0.354 e. The van der Waals surface area contributed by atoms with Crippen molar-refractivity contribution in [2.24, 2.45) is 0 Å². The van der Waals surface area contributed by atoms with Crippen molar-refractivity contribution >= 4 is 11.8 Å². The molecular formula is C14H18N2O2. The van der Waals surface area contributed by atoms with E-state index in [4.69, 9.17) is 0 Å². The molecule has 4 heteroatoms. The third-order valence-corrected chi connectivity index (χ3v) is 3.23. The summed E-state index contributed by atoms with van der Waals surface area (Å²) in [6.45, 7) is 4.46. The lowest BCUT2D eigenvalue weighted by Crippen LogP contribution is -2.47. The van der Waals surface area contributed by atoms with E-state index >= 15 is 0 Å². The Morgan fingerprint density at radius 2 is 2.17 bits per heavy atom. The van der Waals surface area contributed by atoms with E-state index in [1.807, 2.05) is 32.0 Å². The second kappa shape index (κ2) is 5.21. The van der Waals surface area contributed by atoms with Crippen LogP contribution in [0.4, 0.5) is 0 Å². The molecule has 0 saturated carbocycles. The van der Waals surface area contributed by atoms with Crippen LogP contribution in [-0.4, -0.2) is 24.4 Å². The highest BCUT2D eigenvalue weighted by Crippen LogP contribution is 2.11. The van der Waals surface area contributed by atoms with Gasteiger partial charge in [0.25, 0.3) is 5.91 Å². The van der Waals surface area contributed by atoms with E-state index in [1.165, 1.54) is 0 Å². The van der Waals surface area contributed by atoms with Gasteiger partial charge in [0, 0.05) is 24.6 Å². The Hall–Kier alpha value is -1.84. The summed E-state index contributed by atoms with van der Waals surface area (Å²) in [7, 11) is 0. The Morgan fingerprint density at radius 3 is 2.78 bits per heavy atom. The minimum atomic E-state index is -0.0614. The minimum Gasteiger partial charge on any atom is -0.354 e. The highest BCUT2D eigenvalue weighted by Gasteiger charge is 2.20. The number of aryl methyl sites for hydroxylation is 2. The molecule has 2 rings (SSSR count). The van der Waals surface area contributed by atoms with Crippen LogP contribution in [0, 0.1) is 13.8 Å². The van der Waals surface area contributed by atoms with Crippen LogP contribution in [0.15, 0.2) is 18.2 Å². The summed E-state index contributed by atoms with van der Waals surface area (Å²) in [5, 5.41) is 5.72. The molecule has 0 aromatic heterocycles. The number of piperidine rings is 1. The van der Waals surface area contributed by atoms with E-state index in [0.717, 1.165) is 11.1 Å². The van der Waals surface area contributed by atoms with Gasteiger partial charge in [-0.3, -0.25) is 9.59 Å². The number of carbonyl (C=O) groups excluding carboxylic acids is 2. The number of hydrogen-bond acceptors (Lipinski definition) is 2. The van der Waals surface area contributed by atoms with Gasteiger partial charge in [0.15, 0.2) is 0 Å². The zero-order valence-electron chi connectivity index (χ0n) is 10.7. The van der Waals surface area contributed by atoms with Gasteiger partial charge < -0.3 is 10.6 Å². The van der Waals surface area contributed by atoms with Gasteiger partial charge in [0.2, 0.25) is 5.91 Å². The van der Waals surface area contributed by atoms with Crippen molar-refractivity contribution < 1.29 is 9.59 Å². The van der Waals surface area contributed by atoms with Crippen molar-refractivity contribution in [3.63, 3.8) is 0 Å². The monoisotopic (exact) mass is 246 g/mol. The molecule has 96 valence electrons. The van der Waals surface area contributed by atoms with Crippen molar-refractivity contribution in [3.05, 3.63) is 34.9 Å². The first kappa shape index (κ1) is 12.6. The molecule has 0 spiro atoms. The fourth-order valence-electron chi connectivity index (χ4n) is 2.19. The van der Waals surface area contributed by atoms with Crippen LogP contribution in [-0.2, 0) is 4.79 Å². The maximum Gasteiger partial charge on any atom is 0.251 e. The second-order valence-corrected chi connectivity index (χ2v) is 4.83. The van der Waals surface area contributed by atoms with Crippen molar-refractivity contribution in [2.45, 2.75) is 32.7 Å². The fraction of sp³-hybridized carbons (Fsp3) is 0.429. The van der Waals surface area contributed by atoms with Crippen LogP contribution in [0.2, 0.25) is 0 Å². The average Bonchev–Trinajstić information content (AvgIpc) is 2.32. The SMILES string of the molecule is Cc1ccc(C(=O)NC2CCC(=O)NC2)c(C)c1. The predicted octanol–water partition coefficient (Wildman–Crippen LogP) is 1.31. The van der Waals surface area contributed by atoms with E-state index in [-0.39, 0.29) is 17.9 Å². The predicted molar refractivity (Wildman–Crippen MR) is 69.4 cm³/mol. The molecule has 1 saturated heterocycles. The number of hydrogen-bond donors (Lipinski definition) is 2. The Bertz CT molecular complexity index is 473. The fourth-order valence-corrected chi connectivity index (χ4v) is 2.19. The zero-order valence-corrected chi connectivity index (χ0v) is 10.7. The van der Waals surface area contributed by atoms with Gasteiger partial charge in [0.1, 0.15) is 0 Å². The van der Waals surface area contributed by atoms with Crippen LogP contribution < -0.4 is 10.6 Å². The molecular weight excluding hydrogens is 228 g/mol. The number of rotatable bonds is 2. The Labute approximate surface area is 107 Å². The number of amides is 2. The quantitative estimate of drug-likeness (QED) is 0.826. The summed E-state index contributed by atoms with van der Waals surface area (Å²) < 4.78 is 0. The molecule has 1 unspecified atom stereocenters. The summed E-state index contributed by atoms with van der Waals surface area (Å²) in [6.07, 6.45) is 1.19. The molecule has 0 bridgehead atoms. The van der Waals surface area contributed by atoms with E-state index in [9.17, 15) is 9.59 Å². The van der Waals surface area contributed by atoms with Crippen molar-refractivity contribution in [1.29, 1.82) is 0 Å². The molecule has 1 aromatic carbocycles. The summed E-state index contributed by atoms with van der Waals surface area (Å²) in [5.41, 5.74) is 2.83. The van der Waals surface area contributed by atoms with Gasteiger partial charge in [-0.1, -0.05) is 17.7 Å². The Kier molecular flexibility index (Phi) is 3.65. The molecule has 4 nitrogen and oxygen atoms in total. The van der Waals surface area contributed by atoms with Crippen LogP contribution >= 0.6 is 0 Å². The number of benzene rings is 1. The van der Waals surface area contributed by atoms with E-state index < -0.39 is 0 Å². The van der Waals surface area contributed by atoms with Crippen LogP contribution in [0.1, 0.15) is 34.3 Å². The molecule has 1 fully saturated rings. The minimum absolute atomic E-state index is 0.0379. The molecule has 1 heterocycles. The summed E-state index contributed by atoms with van der Waals surface area (Å²) in [6, 6.07) is 5.82. The summed E-state index contributed by atoms with van der Waals surface area (Å²) >= 11 is 0. The third-order valence-electron chi connectivity index (χ3n) is 3.23. The van der Waals surface area contributed by atoms with Gasteiger partial charge in [-0.05, 0) is 31.9 Å². The normalized spacial score (nSPS) is 19.2. The molecule has 2 amide bonds. The molecule has 0 radical (unpaired) electrons. The van der Waals surface area contributed by atoms with Crippen LogP contribution in [0.25, 0.3) is 0 Å². The molecule has 0 aliphatic carbocycles. The highest BCUT2D eigenvalue weighted by atomic mass is 16.2. The average molecular weight is 246 g/mol. The van der Waals surface area contributed by atoms with E-state index in [1.54, 1.807) is 0 Å². The summed E-state index contributed by atoms with van der Waals surface area (Å²) in [4.78, 5) is 23.1. The molecule has 1 atom stereocenters. The molecule has 1 aliphatic rings. The van der Waals surface area contributed by atoms with Gasteiger partial charge in [0.05, 0.1) is 0 Å². The van der Waals surface area contributed by atoms with Gasteiger partial charge >= 0.3 is 0 Å². The Balaban J connectivity index is 2.01. The van der Waals surface area contributed by atoms with Gasteiger partial charge in [-0.2, -0.15) is 0 Å². The van der Waals surface area contributed by atoms with E-state index in [2.05, 4.69) is 10.6 Å². The lowest BCUT2D eigenvalue weighted by molar-refractivity contribution is -0.122. The van der Waals surface area contributed by atoms with Crippen molar-refractivity contribution in [3.8, 4) is 0 Å². The van der Waals surface area contributed by atoms with Crippen LogP contribution in [0.5, 0.6) is 0 Å². The molecule has 18 heavy (non-hydrogen) atoms. The summed E-state index contributed by atoms with van der Waals surface area (Å²) in [5.74, 6) is 0.000615. The smallest absolute Gasteiger partial charge is 0.251 e. The first-order valence-corrected chi connectivity index (χ1v) is 6.21. The number of carbonyl (C=O) groups is 2. The van der Waals surface area contributed by atoms with Gasteiger partial charge in [-0.25, -0.2) is 0 Å². The molecule has 1 aromatic rings. The molecule has 2 N–H and O–H groups in total. The standard InChI is InChI=1S/C14H18N2O2/c1-9-3-5-12(10(2)7-9)14(18)16-11-4-6-13(17)15-8-11/h3,5,7,11H,4,6,8H2,1-2H3,(H,15,17)(H,16,18). The number of nitrogens with one attached hydrogen (secondary N) is 2. The lowest BCUT2D eigenvalue weighted by Gasteiger charge is -2.23. The zero-order chi connectivity index (χ0) is 13.1. The highest BCUT2D eigenvalue weighted by molar-refractivity contribution is 5.96. The lowest BCUT2D eigenvalue weighted by atomic mass is 10.0. The van der Waals surface area contributed by atoms with E-state index in [0.29, 0.717) is 24.9 Å². The second-order valence-electron chi connectivity index (χ2n) is 4.83. The first-order chi connectivity index (χ1) is 8.56. The topological polar surface area (TPSA) is 58.2 Å². The third kappa shape index (κ3) is 2.88. The maximum atomic E-state index is 12.1. The van der Waals surface area contributed by atoms with Crippen LogP contribution in [0.3, 0.4) is 0 Å². The first-order valence-electron chi connectivity index (χ1n) is 6.21.